The number of ether oxygens (including phenoxy) is 1. The summed E-state index contributed by atoms with van der Waals surface area (Å²) >= 11 is 0. The molecule has 188 valence electrons. The molecule has 0 aliphatic heterocycles. The highest BCUT2D eigenvalue weighted by atomic mass is 16.5. The maximum atomic E-state index is 8.94. The van der Waals surface area contributed by atoms with Crippen LogP contribution in [0.15, 0.2) is 23.8 Å². The number of aliphatic hydroxyl groups is 1. The van der Waals surface area contributed by atoms with Gasteiger partial charge in [-0.05, 0) is 97.7 Å². The predicted molar refractivity (Wildman–Crippen MR) is 139 cm³/mol. The van der Waals surface area contributed by atoms with Crippen LogP contribution in [0, 0.1) is 46.3 Å². The van der Waals surface area contributed by atoms with Gasteiger partial charge in [0.1, 0.15) is 0 Å². The van der Waals surface area contributed by atoms with E-state index >= 15 is 0 Å². The van der Waals surface area contributed by atoms with Gasteiger partial charge >= 0.3 is 0 Å². The lowest BCUT2D eigenvalue weighted by atomic mass is 9.47. The highest BCUT2D eigenvalue weighted by Crippen LogP contribution is 2.67. The van der Waals surface area contributed by atoms with Crippen LogP contribution in [0.3, 0.4) is 0 Å². The second-order valence-electron chi connectivity index (χ2n) is 13.1. The van der Waals surface area contributed by atoms with E-state index < -0.39 is 0 Å². The molecule has 0 amide bonds. The molecule has 4 rings (SSSR count). The van der Waals surface area contributed by atoms with Crippen molar-refractivity contribution in [2.45, 2.75) is 111 Å². The van der Waals surface area contributed by atoms with Gasteiger partial charge in [0.05, 0.1) is 19.3 Å². The Bertz CT molecular complexity index is 708. The zero-order valence-corrected chi connectivity index (χ0v) is 22.3. The van der Waals surface area contributed by atoms with Crippen LogP contribution in [0.25, 0.3) is 0 Å². The summed E-state index contributed by atoms with van der Waals surface area (Å²) in [5.41, 5.74) is 2.71. The third kappa shape index (κ3) is 5.04. The van der Waals surface area contributed by atoms with Gasteiger partial charge in [0.25, 0.3) is 0 Å². The SMILES string of the molecule is CC(C)CCCC(C)[C@H]1CCC2C3CC=C4CC(OCC=CCO)CC[C@]4(C)C3CC[C@@]21C. The van der Waals surface area contributed by atoms with Gasteiger partial charge < -0.3 is 9.84 Å². The van der Waals surface area contributed by atoms with E-state index in [2.05, 4.69) is 40.7 Å². The third-order valence-electron chi connectivity index (χ3n) is 11.0. The van der Waals surface area contributed by atoms with Crippen molar-refractivity contribution in [3.8, 4) is 0 Å². The lowest BCUT2D eigenvalue weighted by molar-refractivity contribution is -0.0621. The molecule has 33 heavy (non-hydrogen) atoms. The van der Waals surface area contributed by atoms with Gasteiger partial charge in [-0.3, -0.25) is 0 Å². The normalized spacial score (nSPS) is 41.5. The second kappa shape index (κ2) is 10.6. The first kappa shape index (κ1) is 25.5. The summed E-state index contributed by atoms with van der Waals surface area (Å²) < 4.78 is 6.15. The monoisotopic (exact) mass is 456 g/mol. The third-order valence-corrected chi connectivity index (χ3v) is 11.0. The fourth-order valence-electron chi connectivity index (χ4n) is 9.13. The molecule has 2 nitrogen and oxygen atoms in total. The number of allylic oxidation sites excluding steroid dienone is 1. The van der Waals surface area contributed by atoms with Crippen LogP contribution in [0.1, 0.15) is 105 Å². The Hall–Kier alpha value is -0.600. The smallest absolute Gasteiger partial charge is 0.0652 e. The number of rotatable bonds is 9. The van der Waals surface area contributed by atoms with Gasteiger partial charge in [-0.1, -0.05) is 77.7 Å². The summed E-state index contributed by atoms with van der Waals surface area (Å²) in [5.74, 6) is 5.44. The summed E-state index contributed by atoms with van der Waals surface area (Å²) in [6, 6.07) is 0. The Morgan fingerprint density at radius 2 is 1.85 bits per heavy atom. The van der Waals surface area contributed by atoms with Gasteiger partial charge in [0.2, 0.25) is 0 Å². The van der Waals surface area contributed by atoms with Crippen LogP contribution in [0.2, 0.25) is 0 Å². The van der Waals surface area contributed by atoms with E-state index in [-0.39, 0.29) is 6.61 Å². The molecule has 3 fully saturated rings. The van der Waals surface area contributed by atoms with Crippen molar-refractivity contribution in [3.63, 3.8) is 0 Å². The maximum Gasteiger partial charge on any atom is 0.0652 e. The van der Waals surface area contributed by atoms with Crippen molar-refractivity contribution >= 4 is 0 Å². The molecule has 8 atom stereocenters. The Kier molecular flexibility index (Phi) is 8.16. The van der Waals surface area contributed by atoms with Gasteiger partial charge in [0, 0.05) is 0 Å². The largest absolute Gasteiger partial charge is 0.392 e. The molecule has 5 unspecified atom stereocenters. The summed E-state index contributed by atoms with van der Waals surface area (Å²) in [5, 5.41) is 8.94. The first-order valence-corrected chi connectivity index (χ1v) is 14.4. The summed E-state index contributed by atoms with van der Waals surface area (Å²) in [6.07, 6.45) is 21.9. The number of aliphatic hydroxyl groups excluding tert-OH is 1. The van der Waals surface area contributed by atoms with Crippen LogP contribution < -0.4 is 0 Å². The first-order chi connectivity index (χ1) is 15.8. The predicted octanol–water partition coefficient (Wildman–Crippen LogP) is 7.96. The minimum Gasteiger partial charge on any atom is -0.392 e. The van der Waals surface area contributed by atoms with E-state index in [1.54, 1.807) is 11.6 Å². The van der Waals surface area contributed by atoms with Crippen LogP contribution in [0.4, 0.5) is 0 Å². The lowest BCUT2D eigenvalue weighted by Crippen LogP contribution is -2.51. The highest BCUT2D eigenvalue weighted by Gasteiger charge is 2.59. The van der Waals surface area contributed by atoms with Crippen molar-refractivity contribution in [3.05, 3.63) is 23.8 Å². The molecule has 0 aromatic rings. The van der Waals surface area contributed by atoms with Crippen molar-refractivity contribution < 1.29 is 9.84 Å². The number of fused-ring (bicyclic) bond motifs is 5. The summed E-state index contributed by atoms with van der Waals surface area (Å²) in [6.45, 7) is 13.4. The minimum atomic E-state index is 0.109. The fourth-order valence-corrected chi connectivity index (χ4v) is 9.13. The van der Waals surface area contributed by atoms with E-state index in [0.717, 1.165) is 41.9 Å². The molecule has 0 aromatic carbocycles. The van der Waals surface area contributed by atoms with Crippen molar-refractivity contribution in [2.24, 2.45) is 46.3 Å². The first-order valence-electron chi connectivity index (χ1n) is 14.4. The van der Waals surface area contributed by atoms with Gasteiger partial charge in [-0.2, -0.15) is 0 Å². The maximum absolute atomic E-state index is 8.94. The minimum absolute atomic E-state index is 0.109. The highest BCUT2D eigenvalue weighted by molar-refractivity contribution is 5.25. The quantitative estimate of drug-likeness (QED) is 0.357. The Labute approximate surface area is 204 Å². The summed E-state index contributed by atoms with van der Waals surface area (Å²) in [7, 11) is 0. The van der Waals surface area contributed by atoms with E-state index in [0.29, 0.717) is 23.5 Å². The standard InChI is InChI=1S/C31H52O2/c1-22(2)9-8-10-23(3)27-13-14-28-26-12-11-24-21-25(33-20-7-6-19-32)15-17-30(24,4)29(26)16-18-31(27,28)5/h6-7,11,22-23,25-29,32H,8-10,12-21H2,1-5H3/t23?,25?,26?,27-,28?,29?,30+,31-/m1/s1. The lowest BCUT2D eigenvalue weighted by Gasteiger charge is -2.58. The van der Waals surface area contributed by atoms with Crippen molar-refractivity contribution in [1.82, 2.24) is 0 Å². The zero-order chi connectivity index (χ0) is 23.6. The molecule has 0 saturated heterocycles. The van der Waals surface area contributed by atoms with Gasteiger partial charge in [-0.25, -0.2) is 0 Å². The van der Waals surface area contributed by atoms with E-state index in [1.807, 2.05) is 6.08 Å². The summed E-state index contributed by atoms with van der Waals surface area (Å²) in [4.78, 5) is 0. The Morgan fingerprint density at radius 3 is 2.61 bits per heavy atom. The average molecular weight is 457 g/mol. The van der Waals surface area contributed by atoms with E-state index in [4.69, 9.17) is 9.84 Å². The number of hydrogen-bond donors (Lipinski definition) is 1. The second-order valence-corrected chi connectivity index (χ2v) is 13.1. The zero-order valence-electron chi connectivity index (χ0n) is 22.3. The van der Waals surface area contributed by atoms with Crippen LogP contribution in [-0.2, 0) is 4.74 Å². The molecule has 0 aromatic heterocycles. The van der Waals surface area contributed by atoms with E-state index in [9.17, 15) is 0 Å². The molecule has 0 radical (unpaired) electrons. The van der Waals surface area contributed by atoms with E-state index in [1.165, 1.54) is 64.2 Å². The molecule has 0 bridgehead atoms. The van der Waals surface area contributed by atoms with Crippen molar-refractivity contribution in [2.75, 3.05) is 13.2 Å². The Morgan fingerprint density at radius 1 is 1.03 bits per heavy atom. The van der Waals surface area contributed by atoms with Crippen molar-refractivity contribution in [1.29, 1.82) is 0 Å². The van der Waals surface area contributed by atoms with Gasteiger partial charge in [-0.15, -0.1) is 0 Å². The molecular formula is C31H52O2. The molecular weight excluding hydrogens is 404 g/mol. The average Bonchev–Trinajstić information content (AvgIpc) is 3.14. The molecule has 1 N–H and O–H groups in total. The van der Waals surface area contributed by atoms with Crippen LogP contribution in [-0.4, -0.2) is 24.4 Å². The fraction of sp³-hybridized carbons (Fsp3) is 0.871. The molecule has 3 saturated carbocycles. The Balaban J connectivity index is 1.41. The van der Waals surface area contributed by atoms with Crippen LogP contribution in [0.5, 0.6) is 0 Å². The van der Waals surface area contributed by atoms with Crippen LogP contribution >= 0.6 is 0 Å². The molecule has 2 heteroatoms. The molecule has 0 heterocycles. The van der Waals surface area contributed by atoms with Gasteiger partial charge in [0.15, 0.2) is 0 Å². The topological polar surface area (TPSA) is 29.5 Å². The molecule has 4 aliphatic carbocycles. The molecule has 4 aliphatic rings. The molecule has 0 spiro atoms. The number of hydrogen-bond acceptors (Lipinski definition) is 2.